The molecule has 1 amide bonds. The van der Waals surface area contributed by atoms with Crippen LogP contribution in [0.15, 0.2) is 0 Å². The first-order chi connectivity index (χ1) is 7.76. The second-order valence-electron chi connectivity index (χ2n) is 4.88. The highest BCUT2D eigenvalue weighted by molar-refractivity contribution is 5.77. The van der Waals surface area contributed by atoms with Crippen molar-refractivity contribution < 1.29 is 4.79 Å². The molecule has 3 nitrogen and oxygen atoms in total. The fourth-order valence-corrected chi connectivity index (χ4v) is 1.88. The SMILES string of the molecule is CCCCNC(=O)CN(CCC)CC1CC1. The molecule has 1 fully saturated rings. The van der Waals surface area contributed by atoms with Gasteiger partial charge in [-0.25, -0.2) is 0 Å². The average Bonchev–Trinajstić information content (AvgIpc) is 3.02. The summed E-state index contributed by atoms with van der Waals surface area (Å²) in [5.41, 5.74) is 0. The van der Waals surface area contributed by atoms with E-state index < -0.39 is 0 Å². The molecule has 0 atom stereocenters. The summed E-state index contributed by atoms with van der Waals surface area (Å²) >= 11 is 0. The first-order valence-corrected chi connectivity index (χ1v) is 6.75. The Balaban J connectivity index is 2.15. The summed E-state index contributed by atoms with van der Waals surface area (Å²) in [6, 6.07) is 0. The third kappa shape index (κ3) is 6.11. The summed E-state index contributed by atoms with van der Waals surface area (Å²) in [4.78, 5) is 14.0. The van der Waals surface area contributed by atoms with Crippen molar-refractivity contribution in [3.8, 4) is 0 Å². The van der Waals surface area contributed by atoms with E-state index in [-0.39, 0.29) is 5.91 Å². The number of nitrogens with one attached hydrogen (secondary N) is 1. The molecule has 0 bridgehead atoms. The molecule has 0 aliphatic heterocycles. The van der Waals surface area contributed by atoms with Crippen LogP contribution in [0.5, 0.6) is 0 Å². The van der Waals surface area contributed by atoms with E-state index in [2.05, 4.69) is 24.1 Å². The molecule has 1 aliphatic carbocycles. The summed E-state index contributed by atoms with van der Waals surface area (Å²) in [6.45, 7) is 7.91. The average molecular weight is 226 g/mol. The highest BCUT2D eigenvalue weighted by Crippen LogP contribution is 2.29. The van der Waals surface area contributed by atoms with Crippen molar-refractivity contribution >= 4 is 5.91 Å². The van der Waals surface area contributed by atoms with Gasteiger partial charge in [-0.05, 0) is 38.1 Å². The number of hydrogen-bond acceptors (Lipinski definition) is 2. The smallest absolute Gasteiger partial charge is 0.234 e. The lowest BCUT2D eigenvalue weighted by Gasteiger charge is -2.20. The highest BCUT2D eigenvalue weighted by atomic mass is 16.2. The molecule has 16 heavy (non-hydrogen) atoms. The summed E-state index contributed by atoms with van der Waals surface area (Å²) in [5, 5.41) is 2.99. The zero-order chi connectivity index (χ0) is 11.8. The summed E-state index contributed by atoms with van der Waals surface area (Å²) in [7, 11) is 0. The van der Waals surface area contributed by atoms with Gasteiger partial charge in [0.15, 0.2) is 0 Å². The molecule has 0 radical (unpaired) electrons. The largest absolute Gasteiger partial charge is 0.355 e. The van der Waals surface area contributed by atoms with Crippen LogP contribution in [0, 0.1) is 5.92 Å². The van der Waals surface area contributed by atoms with E-state index in [4.69, 9.17) is 0 Å². The maximum Gasteiger partial charge on any atom is 0.234 e. The number of amides is 1. The minimum atomic E-state index is 0.197. The van der Waals surface area contributed by atoms with Crippen LogP contribution < -0.4 is 5.32 Å². The fourth-order valence-electron chi connectivity index (χ4n) is 1.88. The Labute approximate surface area is 99.6 Å². The Kier molecular flexibility index (Phi) is 6.46. The lowest BCUT2D eigenvalue weighted by atomic mass is 10.3. The van der Waals surface area contributed by atoms with Gasteiger partial charge in [-0.1, -0.05) is 20.3 Å². The third-order valence-corrected chi connectivity index (χ3v) is 2.97. The van der Waals surface area contributed by atoms with Crippen LogP contribution in [0.3, 0.4) is 0 Å². The number of carbonyl (C=O) groups excluding carboxylic acids is 1. The van der Waals surface area contributed by atoms with Gasteiger partial charge in [0.2, 0.25) is 5.91 Å². The molecule has 0 saturated heterocycles. The first-order valence-electron chi connectivity index (χ1n) is 6.75. The van der Waals surface area contributed by atoms with E-state index in [1.54, 1.807) is 0 Å². The van der Waals surface area contributed by atoms with E-state index in [1.807, 2.05) is 0 Å². The zero-order valence-corrected chi connectivity index (χ0v) is 10.8. The predicted molar refractivity (Wildman–Crippen MR) is 67.4 cm³/mol. The number of hydrogen-bond donors (Lipinski definition) is 1. The van der Waals surface area contributed by atoms with Crippen LogP contribution in [0.2, 0.25) is 0 Å². The molecule has 1 rings (SSSR count). The van der Waals surface area contributed by atoms with Gasteiger partial charge >= 0.3 is 0 Å². The lowest BCUT2D eigenvalue weighted by Crippen LogP contribution is -2.39. The second kappa shape index (κ2) is 7.66. The van der Waals surface area contributed by atoms with Crippen LogP contribution in [-0.2, 0) is 4.79 Å². The minimum Gasteiger partial charge on any atom is -0.355 e. The number of rotatable bonds is 9. The van der Waals surface area contributed by atoms with Gasteiger partial charge in [-0.2, -0.15) is 0 Å². The van der Waals surface area contributed by atoms with Crippen molar-refractivity contribution in [3.63, 3.8) is 0 Å². The van der Waals surface area contributed by atoms with Gasteiger partial charge in [0.25, 0.3) is 0 Å². The van der Waals surface area contributed by atoms with Crippen molar-refractivity contribution in [2.45, 2.75) is 46.0 Å². The number of carbonyl (C=O) groups is 1. The van der Waals surface area contributed by atoms with E-state index in [0.717, 1.165) is 44.8 Å². The molecule has 1 saturated carbocycles. The predicted octanol–water partition coefficient (Wildman–Crippen LogP) is 2.02. The number of nitrogens with zero attached hydrogens (tertiary/aromatic N) is 1. The van der Waals surface area contributed by atoms with Crippen LogP contribution in [0.1, 0.15) is 46.0 Å². The van der Waals surface area contributed by atoms with E-state index in [9.17, 15) is 4.79 Å². The Bertz CT molecular complexity index is 202. The maximum atomic E-state index is 11.7. The Morgan fingerprint density at radius 1 is 1.31 bits per heavy atom. The maximum absolute atomic E-state index is 11.7. The Morgan fingerprint density at radius 3 is 2.62 bits per heavy atom. The Hall–Kier alpha value is -0.570. The van der Waals surface area contributed by atoms with Gasteiger partial charge in [0.05, 0.1) is 6.54 Å². The summed E-state index contributed by atoms with van der Waals surface area (Å²) < 4.78 is 0. The molecule has 0 aromatic heterocycles. The molecular formula is C13H26N2O. The first kappa shape index (κ1) is 13.5. The van der Waals surface area contributed by atoms with Gasteiger partial charge in [-0.15, -0.1) is 0 Å². The van der Waals surface area contributed by atoms with E-state index >= 15 is 0 Å². The molecule has 0 aromatic rings. The summed E-state index contributed by atoms with van der Waals surface area (Å²) in [5.74, 6) is 1.07. The normalized spacial score (nSPS) is 15.4. The molecule has 0 aromatic carbocycles. The van der Waals surface area contributed by atoms with Crippen molar-refractivity contribution in [1.29, 1.82) is 0 Å². The minimum absolute atomic E-state index is 0.197. The molecular weight excluding hydrogens is 200 g/mol. The Morgan fingerprint density at radius 2 is 2.06 bits per heavy atom. The highest BCUT2D eigenvalue weighted by Gasteiger charge is 2.24. The van der Waals surface area contributed by atoms with Crippen molar-refractivity contribution in [2.24, 2.45) is 5.92 Å². The molecule has 3 heteroatoms. The molecule has 94 valence electrons. The quantitative estimate of drug-likeness (QED) is 0.610. The monoisotopic (exact) mass is 226 g/mol. The van der Waals surface area contributed by atoms with E-state index in [1.165, 1.54) is 12.8 Å². The van der Waals surface area contributed by atoms with Crippen molar-refractivity contribution in [3.05, 3.63) is 0 Å². The zero-order valence-electron chi connectivity index (χ0n) is 10.8. The third-order valence-electron chi connectivity index (χ3n) is 2.97. The standard InChI is InChI=1S/C13H26N2O/c1-3-5-8-14-13(16)11-15(9-4-2)10-12-6-7-12/h12H,3-11H2,1-2H3,(H,14,16). The van der Waals surface area contributed by atoms with Crippen LogP contribution in [-0.4, -0.2) is 37.0 Å². The molecule has 0 spiro atoms. The van der Waals surface area contributed by atoms with Crippen LogP contribution in [0.25, 0.3) is 0 Å². The number of unbranched alkanes of at least 4 members (excludes halogenated alkanes) is 1. The van der Waals surface area contributed by atoms with Gasteiger partial charge in [0.1, 0.15) is 0 Å². The fraction of sp³-hybridized carbons (Fsp3) is 0.923. The van der Waals surface area contributed by atoms with Gasteiger partial charge < -0.3 is 5.32 Å². The van der Waals surface area contributed by atoms with Gasteiger partial charge in [0, 0.05) is 13.1 Å². The molecule has 0 heterocycles. The summed E-state index contributed by atoms with van der Waals surface area (Å²) in [6.07, 6.45) is 6.08. The van der Waals surface area contributed by atoms with Crippen LogP contribution >= 0.6 is 0 Å². The molecule has 1 aliphatic rings. The van der Waals surface area contributed by atoms with E-state index in [0.29, 0.717) is 6.54 Å². The van der Waals surface area contributed by atoms with Crippen molar-refractivity contribution in [1.82, 2.24) is 10.2 Å². The van der Waals surface area contributed by atoms with Crippen LogP contribution in [0.4, 0.5) is 0 Å². The topological polar surface area (TPSA) is 32.3 Å². The molecule has 0 unspecified atom stereocenters. The van der Waals surface area contributed by atoms with Crippen molar-refractivity contribution in [2.75, 3.05) is 26.2 Å². The molecule has 1 N–H and O–H groups in total. The van der Waals surface area contributed by atoms with Gasteiger partial charge in [-0.3, -0.25) is 9.69 Å². The second-order valence-corrected chi connectivity index (χ2v) is 4.88. The lowest BCUT2D eigenvalue weighted by molar-refractivity contribution is -0.122.